The fraction of sp³-hybridized carbons (Fsp3) is 0.190. The van der Waals surface area contributed by atoms with Crippen molar-refractivity contribution in [3.8, 4) is 16.9 Å². The van der Waals surface area contributed by atoms with Gasteiger partial charge in [-0.15, -0.1) is 11.3 Å². The lowest BCUT2D eigenvalue weighted by Gasteiger charge is -2.06. The minimum atomic E-state index is -0.146. The van der Waals surface area contributed by atoms with Crippen LogP contribution in [0.2, 0.25) is 0 Å². The quantitative estimate of drug-likeness (QED) is 0.429. The minimum Gasteiger partial charge on any atom is -0.508 e. The highest BCUT2D eigenvalue weighted by Gasteiger charge is 2.11. The summed E-state index contributed by atoms with van der Waals surface area (Å²) in [5.74, 6) is 0.0653. The van der Waals surface area contributed by atoms with Crippen LogP contribution in [0.15, 0.2) is 60.0 Å². The lowest BCUT2D eigenvalue weighted by atomic mass is 10.1. The normalized spacial score (nSPS) is 9.89. The molecule has 3 N–H and O–H groups in total. The van der Waals surface area contributed by atoms with E-state index in [4.69, 9.17) is 0 Å². The van der Waals surface area contributed by atoms with E-state index in [2.05, 4.69) is 23.9 Å². The number of thiophene rings is 1. The summed E-state index contributed by atoms with van der Waals surface area (Å²) in [5, 5.41) is 14.4. The molecule has 142 valence electrons. The number of carbonyl (C=O) groups is 1. The van der Waals surface area contributed by atoms with Crippen LogP contribution < -0.4 is 10.0 Å². The largest absolute Gasteiger partial charge is 0.508 e. The van der Waals surface area contributed by atoms with Crippen LogP contribution in [0.3, 0.4) is 0 Å². The molecule has 3 rings (SSSR count). The molecule has 0 aliphatic rings. The topological polar surface area (TPSA) is 61.4 Å². The van der Waals surface area contributed by atoms with Crippen molar-refractivity contribution in [1.29, 1.82) is 0 Å². The molecule has 1 heterocycles. The summed E-state index contributed by atoms with van der Waals surface area (Å²) in [4.78, 5) is 13.0. The maximum absolute atomic E-state index is 12.4. The van der Waals surface area contributed by atoms with Gasteiger partial charge in [-0.3, -0.25) is 4.79 Å². The second-order valence-electron chi connectivity index (χ2n) is 5.80. The number of carbonyl (C=O) groups excluding carboxylic acids is 1. The number of hydrogen-bond donors (Lipinski definition) is 3. The molecule has 27 heavy (non-hydrogen) atoms. The first-order valence-corrected chi connectivity index (χ1v) is 10.8. The molecule has 2 aromatic carbocycles. The summed E-state index contributed by atoms with van der Waals surface area (Å²) in [6.45, 7) is 4.25. The Morgan fingerprint density at radius 1 is 1.04 bits per heavy atom. The van der Waals surface area contributed by atoms with Crippen molar-refractivity contribution in [3.05, 3.63) is 64.9 Å². The lowest BCUT2D eigenvalue weighted by Crippen LogP contribution is -2.10. The van der Waals surface area contributed by atoms with Crippen LogP contribution in [0, 0.1) is 0 Å². The molecule has 0 bridgehead atoms. The molecule has 0 fully saturated rings. The summed E-state index contributed by atoms with van der Waals surface area (Å²) in [5.41, 5.74) is 3.48. The Balaban J connectivity index is 0.000000817. The summed E-state index contributed by atoms with van der Waals surface area (Å²) < 4.78 is 3.14. The first-order valence-electron chi connectivity index (χ1n) is 8.65. The smallest absolute Gasteiger partial charge is 0.265 e. The van der Waals surface area contributed by atoms with Gasteiger partial charge < -0.3 is 15.1 Å². The monoisotopic (exact) mass is 400 g/mol. The Bertz CT molecular complexity index is 878. The second kappa shape index (κ2) is 10.6. The summed E-state index contributed by atoms with van der Waals surface area (Å²) in [7, 11) is 0. The Labute approximate surface area is 168 Å². The van der Waals surface area contributed by atoms with Crippen molar-refractivity contribution < 1.29 is 9.90 Å². The van der Waals surface area contributed by atoms with Crippen molar-refractivity contribution >= 4 is 40.6 Å². The second-order valence-corrected chi connectivity index (χ2v) is 7.32. The van der Waals surface area contributed by atoms with E-state index in [1.165, 1.54) is 29.7 Å². The number of benzene rings is 2. The Kier molecular flexibility index (Phi) is 8.23. The first-order chi connectivity index (χ1) is 13.1. The Hall–Kier alpha value is -2.44. The number of amides is 1. The van der Waals surface area contributed by atoms with Crippen LogP contribution in [0.1, 0.15) is 29.9 Å². The van der Waals surface area contributed by atoms with E-state index >= 15 is 0 Å². The van der Waals surface area contributed by atoms with Crippen LogP contribution in [0.25, 0.3) is 11.1 Å². The molecule has 0 saturated carbocycles. The third-order valence-corrected chi connectivity index (χ3v) is 4.71. The molecule has 0 spiro atoms. The van der Waals surface area contributed by atoms with Crippen LogP contribution in [-0.2, 0) is 0 Å². The van der Waals surface area contributed by atoms with Crippen molar-refractivity contribution in [3.63, 3.8) is 0 Å². The number of nitrogens with one attached hydrogen (secondary N) is 2. The molecule has 4 nitrogen and oxygen atoms in total. The van der Waals surface area contributed by atoms with Gasteiger partial charge in [0, 0.05) is 17.6 Å². The number of anilines is 2. The third kappa shape index (κ3) is 6.34. The molecular weight excluding hydrogens is 376 g/mol. The van der Waals surface area contributed by atoms with Crippen LogP contribution >= 0.6 is 23.3 Å². The van der Waals surface area contributed by atoms with Gasteiger partial charge in [-0.25, -0.2) is 0 Å². The fourth-order valence-corrected chi connectivity index (χ4v) is 3.44. The van der Waals surface area contributed by atoms with E-state index in [0.717, 1.165) is 22.5 Å². The number of hydrogen-bond acceptors (Lipinski definition) is 5. The SMILES string of the molecule is CCC.CSNc1cccc(NC(=O)c2cc(-c3cccc(O)c3)cs2)c1. The first kappa shape index (κ1) is 20.9. The molecule has 0 saturated heterocycles. The van der Waals surface area contributed by atoms with E-state index in [1.54, 1.807) is 18.2 Å². The van der Waals surface area contributed by atoms with Gasteiger partial charge >= 0.3 is 0 Å². The molecule has 1 amide bonds. The van der Waals surface area contributed by atoms with Gasteiger partial charge in [-0.2, -0.15) is 0 Å². The molecular formula is C21H24N2O2S2. The van der Waals surface area contributed by atoms with Crippen LogP contribution in [-0.4, -0.2) is 17.3 Å². The van der Waals surface area contributed by atoms with Crippen molar-refractivity contribution in [1.82, 2.24) is 0 Å². The fourth-order valence-electron chi connectivity index (χ4n) is 2.26. The number of aromatic hydroxyl groups is 1. The molecule has 0 aliphatic carbocycles. The number of phenols is 1. The van der Waals surface area contributed by atoms with Gasteiger partial charge in [0.2, 0.25) is 0 Å². The van der Waals surface area contributed by atoms with E-state index in [0.29, 0.717) is 4.88 Å². The van der Waals surface area contributed by atoms with E-state index < -0.39 is 0 Å². The highest BCUT2D eigenvalue weighted by atomic mass is 32.2. The Morgan fingerprint density at radius 3 is 2.44 bits per heavy atom. The Morgan fingerprint density at radius 2 is 1.74 bits per heavy atom. The predicted octanol–water partition coefficient (Wildman–Crippen LogP) is 6.48. The predicted molar refractivity (Wildman–Crippen MR) is 119 cm³/mol. The molecule has 0 radical (unpaired) electrons. The maximum atomic E-state index is 12.4. The van der Waals surface area contributed by atoms with Gasteiger partial charge in [-0.1, -0.05) is 50.4 Å². The zero-order valence-corrected chi connectivity index (χ0v) is 17.3. The van der Waals surface area contributed by atoms with Gasteiger partial charge in [0.05, 0.1) is 4.88 Å². The van der Waals surface area contributed by atoms with E-state index in [1.807, 2.05) is 48.0 Å². The van der Waals surface area contributed by atoms with Crippen molar-refractivity contribution in [2.45, 2.75) is 20.3 Å². The highest BCUT2D eigenvalue weighted by Crippen LogP contribution is 2.28. The van der Waals surface area contributed by atoms with Gasteiger partial charge in [0.1, 0.15) is 5.75 Å². The molecule has 0 atom stereocenters. The van der Waals surface area contributed by atoms with E-state index in [9.17, 15) is 9.90 Å². The maximum Gasteiger partial charge on any atom is 0.265 e. The van der Waals surface area contributed by atoms with Crippen LogP contribution in [0.5, 0.6) is 5.75 Å². The zero-order valence-electron chi connectivity index (χ0n) is 15.7. The summed E-state index contributed by atoms with van der Waals surface area (Å²) >= 11 is 2.88. The van der Waals surface area contributed by atoms with Crippen molar-refractivity contribution in [2.75, 3.05) is 16.3 Å². The minimum absolute atomic E-state index is 0.146. The van der Waals surface area contributed by atoms with E-state index in [-0.39, 0.29) is 11.7 Å². The number of rotatable bonds is 5. The highest BCUT2D eigenvalue weighted by molar-refractivity contribution is 7.99. The average molecular weight is 401 g/mol. The van der Waals surface area contributed by atoms with Crippen LogP contribution in [0.4, 0.5) is 11.4 Å². The summed E-state index contributed by atoms with van der Waals surface area (Å²) in [6.07, 6.45) is 3.19. The van der Waals surface area contributed by atoms with Crippen molar-refractivity contribution in [2.24, 2.45) is 0 Å². The third-order valence-electron chi connectivity index (χ3n) is 3.34. The van der Waals surface area contributed by atoms with Gasteiger partial charge in [0.25, 0.3) is 5.91 Å². The average Bonchev–Trinajstić information content (AvgIpc) is 3.13. The zero-order chi connectivity index (χ0) is 19.6. The molecule has 3 aromatic rings. The standard InChI is InChI=1S/C18H16N2O2S2.C3H8/c1-23-20-15-6-3-5-14(10-15)19-18(22)17-9-13(11-24-17)12-4-2-7-16(21)8-12;1-3-2/h2-11,20-21H,1H3,(H,19,22);3H2,1-2H3. The molecule has 0 unspecified atom stereocenters. The lowest BCUT2D eigenvalue weighted by molar-refractivity contribution is 0.103. The molecule has 6 heteroatoms. The molecule has 1 aromatic heterocycles. The van der Waals surface area contributed by atoms with Gasteiger partial charge in [0.15, 0.2) is 0 Å². The number of phenolic OH excluding ortho intramolecular Hbond substituents is 1. The summed E-state index contributed by atoms with van der Waals surface area (Å²) in [6, 6.07) is 16.4. The molecule has 0 aliphatic heterocycles. The van der Waals surface area contributed by atoms with Gasteiger partial charge in [-0.05, 0) is 52.9 Å².